The van der Waals surface area contributed by atoms with Crippen molar-refractivity contribution >= 4 is 40.4 Å². The lowest BCUT2D eigenvalue weighted by atomic mass is 9.95. The molecule has 3 amide bonds. The molecule has 2 aromatic rings. The molecule has 0 bridgehead atoms. The molecule has 0 aliphatic carbocycles. The Morgan fingerprint density at radius 3 is 2.49 bits per heavy atom. The number of benzene rings is 1. The third kappa shape index (κ3) is 8.78. The van der Waals surface area contributed by atoms with Crippen LogP contribution in [0.4, 0.5) is 0 Å². The van der Waals surface area contributed by atoms with Crippen molar-refractivity contribution in [3.8, 4) is 5.75 Å². The van der Waals surface area contributed by atoms with Gasteiger partial charge >= 0.3 is 5.97 Å². The number of nitrogens with one attached hydrogen (secondary N) is 4. The van der Waals surface area contributed by atoms with E-state index in [1.165, 1.54) is 6.92 Å². The molecule has 0 spiro atoms. The van der Waals surface area contributed by atoms with Crippen LogP contribution in [-0.4, -0.2) is 73.1 Å². The highest BCUT2D eigenvalue weighted by molar-refractivity contribution is 6.02. The van der Waals surface area contributed by atoms with E-state index in [4.69, 9.17) is 14.2 Å². The molecule has 1 fully saturated rings. The summed E-state index contributed by atoms with van der Waals surface area (Å²) in [7, 11) is 1.54. The minimum Gasteiger partial charge on any atom is -0.496 e. The van der Waals surface area contributed by atoms with Crippen molar-refractivity contribution in [3.05, 3.63) is 30.0 Å². The summed E-state index contributed by atoms with van der Waals surface area (Å²) < 4.78 is 15.8. The van der Waals surface area contributed by atoms with Gasteiger partial charge < -0.3 is 35.1 Å². The zero-order valence-electron chi connectivity index (χ0n) is 24.2. The first-order valence-electron chi connectivity index (χ1n) is 13.9. The van der Waals surface area contributed by atoms with Gasteiger partial charge in [-0.2, -0.15) is 0 Å². The van der Waals surface area contributed by atoms with Gasteiger partial charge in [-0.15, -0.1) is 0 Å². The molecule has 1 aromatic heterocycles. The van der Waals surface area contributed by atoms with Crippen LogP contribution >= 0.6 is 0 Å². The minimum atomic E-state index is -1.05. The summed E-state index contributed by atoms with van der Waals surface area (Å²) in [6, 6.07) is 5.06. The molecule has 1 saturated heterocycles. The molecule has 4 atom stereocenters. The Balaban J connectivity index is 1.74. The first-order valence-corrected chi connectivity index (χ1v) is 13.9. The van der Waals surface area contributed by atoms with E-state index in [1.54, 1.807) is 32.2 Å². The molecule has 41 heavy (non-hydrogen) atoms. The average molecular weight is 573 g/mol. The van der Waals surface area contributed by atoms with Gasteiger partial charge in [-0.1, -0.05) is 26.8 Å². The molecule has 12 heteroatoms. The van der Waals surface area contributed by atoms with Crippen molar-refractivity contribution in [2.75, 3.05) is 20.3 Å². The molecule has 224 valence electrons. The van der Waals surface area contributed by atoms with E-state index in [2.05, 4.69) is 20.9 Å². The van der Waals surface area contributed by atoms with Crippen LogP contribution in [-0.2, 0) is 28.7 Å². The summed E-state index contributed by atoms with van der Waals surface area (Å²) in [5.74, 6) is -2.00. The smallest absolute Gasteiger partial charge is 0.307 e. The zero-order valence-corrected chi connectivity index (χ0v) is 24.2. The second-order valence-corrected chi connectivity index (χ2v) is 10.5. The number of methoxy groups -OCH3 is 1. The van der Waals surface area contributed by atoms with Crippen molar-refractivity contribution in [1.82, 2.24) is 20.9 Å². The Bertz CT molecular complexity index is 1260. The number of Topliss-reactive ketones (excluding diaryl/α,β-unsaturated/α-hetero) is 1. The van der Waals surface area contributed by atoms with Crippen molar-refractivity contribution in [3.63, 3.8) is 0 Å². The first kappa shape index (κ1) is 31.6. The third-order valence-corrected chi connectivity index (χ3v) is 6.85. The van der Waals surface area contributed by atoms with Gasteiger partial charge in [-0.05, 0) is 50.3 Å². The van der Waals surface area contributed by atoms with Crippen LogP contribution in [0.2, 0.25) is 0 Å². The van der Waals surface area contributed by atoms with Crippen LogP contribution in [0.15, 0.2) is 24.3 Å². The fourth-order valence-corrected chi connectivity index (χ4v) is 4.67. The lowest BCUT2D eigenvalue weighted by molar-refractivity contribution is -0.176. The Morgan fingerprint density at radius 1 is 1.10 bits per heavy atom. The predicted molar refractivity (Wildman–Crippen MR) is 150 cm³/mol. The standard InChI is InChI=1S/C29H40N4O8/c1-6-26(35)41-17(4)40-15-24(34)21(13-18-10-11-30-27(18)36)32-28(37)22(12-16(2)3)33-29(38)23-14-19-20(31-23)8-7-9-25(19)39-5/h7-9,14,16-18,21-22,31H,6,10-13,15H2,1-5H3,(H,30,36)(H,32,37)(H,33,38)/t17?,18-,21?,22?/m0/s1. The van der Waals surface area contributed by atoms with Crippen molar-refractivity contribution < 1.29 is 38.2 Å². The lowest BCUT2D eigenvalue weighted by Crippen LogP contribution is -2.53. The number of amides is 3. The Morgan fingerprint density at radius 2 is 1.85 bits per heavy atom. The van der Waals surface area contributed by atoms with E-state index in [1.807, 2.05) is 19.9 Å². The molecular weight excluding hydrogens is 532 g/mol. The number of carbonyl (C=O) groups excluding carboxylic acids is 5. The molecule has 1 aliphatic heterocycles. The maximum absolute atomic E-state index is 13.5. The van der Waals surface area contributed by atoms with Crippen LogP contribution in [0.3, 0.4) is 0 Å². The van der Waals surface area contributed by atoms with E-state index in [0.717, 1.165) is 5.39 Å². The summed E-state index contributed by atoms with van der Waals surface area (Å²) in [4.78, 5) is 66.7. The number of rotatable bonds is 15. The van der Waals surface area contributed by atoms with Crippen molar-refractivity contribution in [1.29, 1.82) is 0 Å². The number of ether oxygens (including phenoxy) is 3. The average Bonchev–Trinajstić information content (AvgIpc) is 3.56. The SMILES string of the molecule is CCC(=O)OC(C)OCC(=O)C(C[C@@H]1CCNC1=O)NC(=O)C(CC(C)C)NC(=O)c1cc2c(OC)cccc2[nH]1. The summed E-state index contributed by atoms with van der Waals surface area (Å²) in [5.41, 5.74) is 0.962. The maximum atomic E-state index is 13.5. The van der Waals surface area contributed by atoms with Crippen molar-refractivity contribution in [2.45, 2.75) is 71.8 Å². The molecule has 1 aromatic carbocycles. The molecule has 4 N–H and O–H groups in total. The van der Waals surface area contributed by atoms with E-state index in [9.17, 15) is 24.0 Å². The third-order valence-electron chi connectivity index (χ3n) is 6.85. The second kappa shape index (κ2) is 14.6. The normalized spacial score (nSPS) is 17.0. The van der Waals surface area contributed by atoms with E-state index < -0.39 is 54.5 Å². The van der Waals surface area contributed by atoms with Gasteiger partial charge in [0.1, 0.15) is 24.1 Å². The number of ketones is 1. The van der Waals surface area contributed by atoms with Crippen molar-refractivity contribution in [2.24, 2.45) is 11.8 Å². The maximum Gasteiger partial charge on any atom is 0.307 e. The van der Waals surface area contributed by atoms with Gasteiger partial charge in [0.05, 0.1) is 13.2 Å². The summed E-state index contributed by atoms with van der Waals surface area (Å²) in [5, 5.41) is 8.99. The lowest BCUT2D eigenvalue weighted by Gasteiger charge is -2.25. The quantitative estimate of drug-likeness (QED) is 0.186. The number of H-pyrrole nitrogens is 1. The molecule has 3 unspecified atom stereocenters. The molecule has 3 rings (SSSR count). The number of hydrogen-bond acceptors (Lipinski definition) is 8. The van der Waals surface area contributed by atoms with E-state index >= 15 is 0 Å². The molecule has 0 saturated carbocycles. The topological polar surface area (TPSA) is 165 Å². The van der Waals surface area contributed by atoms with Gasteiger partial charge in [0.15, 0.2) is 5.78 Å². The second-order valence-electron chi connectivity index (χ2n) is 10.5. The fraction of sp³-hybridized carbons (Fsp3) is 0.552. The Labute approximate surface area is 239 Å². The molecule has 1 aliphatic rings. The van der Waals surface area contributed by atoms with Crippen LogP contribution in [0, 0.1) is 11.8 Å². The van der Waals surface area contributed by atoms with Crippen LogP contribution in [0.5, 0.6) is 5.75 Å². The Hall–Kier alpha value is -3.93. The van der Waals surface area contributed by atoms with Gasteiger partial charge in [-0.25, -0.2) is 0 Å². The largest absolute Gasteiger partial charge is 0.496 e. The number of aromatic nitrogens is 1. The minimum absolute atomic E-state index is 0.0426. The molecule has 2 heterocycles. The zero-order chi connectivity index (χ0) is 30.1. The Kier molecular flexibility index (Phi) is 11.3. The molecule has 0 radical (unpaired) electrons. The predicted octanol–water partition coefficient (Wildman–Crippen LogP) is 2.22. The van der Waals surface area contributed by atoms with E-state index in [0.29, 0.717) is 30.7 Å². The van der Waals surface area contributed by atoms with Gasteiger partial charge in [0.25, 0.3) is 5.91 Å². The molecular formula is C29H40N4O8. The highest BCUT2D eigenvalue weighted by Crippen LogP contribution is 2.26. The number of carbonyl (C=O) groups is 5. The van der Waals surface area contributed by atoms with Gasteiger partial charge in [-0.3, -0.25) is 24.0 Å². The van der Waals surface area contributed by atoms with Crippen LogP contribution < -0.4 is 20.7 Å². The number of hydrogen-bond donors (Lipinski definition) is 4. The van der Waals surface area contributed by atoms with Gasteiger partial charge in [0, 0.05) is 29.8 Å². The summed E-state index contributed by atoms with van der Waals surface area (Å²) >= 11 is 0. The summed E-state index contributed by atoms with van der Waals surface area (Å²) in [6.07, 6.45) is 0.117. The van der Waals surface area contributed by atoms with Crippen LogP contribution in [0.1, 0.15) is 63.9 Å². The van der Waals surface area contributed by atoms with Crippen LogP contribution in [0.25, 0.3) is 10.9 Å². The number of esters is 1. The summed E-state index contributed by atoms with van der Waals surface area (Å²) in [6.45, 7) is 7.01. The monoisotopic (exact) mass is 572 g/mol. The highest BCUT2D eigenvalue weighted by Gasteiger charge is 2.33. The number of fused-ring (bicyclic) bond motifs is 1. The van der Waals surface area contributed by atoms with Gasteiger partial charge in [0.2, 0.25) is 18.1 Å². The number of aromatic amines is 1. The molecule has 12 nitrogen and oxygen atoms in total. The highest BCUT2D eigenvalue weighted by atomic mass is 16.7. The fourth-order valence-electron chi connectivity index (χ4n) is 4.67. The first-order chi connectivity index (χ1) is 19.5. The van der Waals surface area contributed by atoms with E-state index in [-0.39, 0.29) is 30.4 Å².